The lowest BCUT2D eigenvalue weighted by molar-refractivity contribution is -0.177. The van der Waals surface area contributed by atoms with E-state index in [-0.39, 0.29) is 13.0 Å². The third kappa shape index (κ3) is 1.22. The molecule has 0 aromatic carbocycles. The Morgan fingerprint density at radius 1 is 1.50 bits per heavy atom. The molecule has 1 fully saturated rings. The molecule has 1 aliphatic heterocycles. The number of carbonyl (C=O) groups excluding carboxylic acids is 1. The van der Waals surface area contributed by atoms with Crippen molar-refractivity contribution in [2.75, 3.05) is 6.54 Å². The molecule has 5 heteroatoms. The maximum Gasteiger partial charge on any atom is 0.400 e. The van der Waals surface area contributed by atoms with Crippen molar-refractivity contribution >= 4 is 5.91 Å². The lowest BCUT2D eigenvalue weighted by Crippen LogP contribution is -2.30. The third-order valence-electron chi connectivity index (χ3n) is 1.44. The van der Waals surface area contributed by atoms with Crippen LogP contribution < -0.4 is 5.32 Å². The summed E-state index contributed by atoms with van der Waals surface area (Å²) in [6, 6.07) is 0. The Kier molecular flexibility index (Phi) is 1.58. The van der Waals surface area contributed by atoms with Gasteiger partial charge in [-0.15, -0.1) is 0 Å². The summed E-state index contributed by atoms with van der Waals surface area (Å²) in [7, 11) is 0. The predicted molar refractivity (Wildman–Crippen MR) is 27.2 cm³/mol. The summed E-state index contributed by atoms with van der Waals surface area (Å²) >= 11 is 0. The van der Waals surface area contributed by atoms with E-state index < -0.39 is 18.0 Å². The van der Waals surface area contributed by atoms with Crippen molar-refractivity contribution in [3.63, 3.8) is 0 Å². The van der Waals surface area contributed by atoms with Crippen LogP contribution in [0.1, 0.15) is 6.42 Å². The first-order chi connectivity index (χ1) is 4.52. The maximum atomic E-state index is 11.8. The lowest BCUT2D eigenvalue weighted by atomic mass is 10.1. The first-order valence-corrected chi connectivity index (χ1v) is 2.86. The zero-order chi connectivity index (χ0) is 7.78. The van der Waals surface area contributed by atoms with Crippen molar-refractivity contribution in [1.82, 2.24) is 5.32 Å². The maximum absolute atomic E-state index is 11.8. The Labute approximate surface area is 55.4 Å². The van der Waals surface area contributed by atoms with E-state index in [9.17, 15) is 18.0 Å². The molecule has 0 aromatic heterocycles. The number of carbonyl (C=O) groups is 1. The molecule has 0 aromatic rings. The summed E-state index contributed by atoms with van der Waals surface area (Å²) in [5.41, 5.74) is 0. The fourth-order valence-electron chi connectivity index (χ4n) is 0.906. The van der Waals surface area contributed by atoms with Crippen molar-refractivity contribution in [3.8, 4) is 0 Å². The van der Waals surface area contributed by atoms with E-state index in [4.69, 9.17) is 0 Å². The SMILES string of the molecule is O=C1NCCC1C(F)(F)F. The van der Waals surface area contributed by atoms with Crippen LogP contribution in [0.5, 0.6) is 0 Å². The topological polar surface area (TPSA) is 29.1 Å². The average molecular weight is 153 g/mol. The molecule has 0 bridgehead atoms. The fourth-order valence-corrected chi connectivity index (χ4v) is 0.906. The Balaban J connectivity index is 2.64. The first kappa shape index (κ1) is 7.37. The van der Waals surface area contributed by atoms with Gasteiger partial charge in [-0.05, 0) is 6.42 Å². The lowest BCUT2D eigenvalue weighted by Gasteiger charge is -2.09. The van der Waals surface area contributed by atoms with Gasteiger partial charge in [-0.1, -0.05) is 0 Å². The van der Waals surface area contributed by atoms with Crippen molar-refractivity contribution < 1.29 is 18.0 Å². The number of hydrogen-bond acceptors (Lipinski definition) is 1. The monoisotopic (exact) mass is 153 g/mol. The molecule has 1 saturated heterocycles. The molecular weight excluding hydrogens is 147 g/mol. The second-order valence-electron chi connectivity index (χ2n) is 2.17. The number of nitrogens with one attached hydrogen (secondary N) is 1. The number of hydrogen-bond donors (Lipinski definition) is 1. The molecule has 0 saturated carbocycles. The molecule has 1 aliphatic rings. The number of rotatable bonds is 0. The molecular formula is C5H6F3NO. The zero-order valence-corrected chi connectivity index (χ0v) is 5.03. The van der Waals surface area contributed by atoms with Crippen LogP contribution >= 0.6 is 0 Å². The van der Waals surface area contributed by atoms with Gasteiger partial charge in [-0.2, -0.15) is 13.2 Å². The number of amides is 1. The van der Waals surface area contributed by atoms with Gasteiger partial charge in [-0.3, -0.25) is 4.79 Å². The van der Waals surface area contributed by atoms with Crippen LogP contribution in [0, 0.1) is 5.92 Å². The van der Waals surface area contributed by atoms with Crippen LogP contribution in [-0.4, -0.2) is 18.6 Å². The Bertz CT molecular complexity index is 153. The molecule has 1 rings (SSSR count). The van der Waals surface area contributed by atoms with Crippen molar-refractivity contribution in [2.45, 2.75) is 12.6 Å². The van der Waals surface area contributed by atoms with Crippen LogP contribution in [0.25, 0.3) is 0 Å². The van der Waals surface area contributed by atoms with Gasteiger partial charge in [0.15, 0.2) is 0 Å². The summed E-state index contributed by atoms with van der Waals surface area (Å²) in [4.78, 5) is 10.4. The van der Waals surface area contributed by atoms with Crippen molar-refractivity contribution in [1.29, 1.82) is 0 Å². The van der Waals surface area contributed by atoms with Crippen LogP contribution in [0.2, 0.25) is 0 Å². The molecule has 0 aliphatic carbocycles. The highest BCUT2D eigenvalue weighted by Crippen LogP contribution is 2.30. The summed E-state index contributed by atoms with van der Waals surface area (Å²) in [6.45, 7) is 0.142. The first-order valence-electron chi connectivity index (χ1n) is 2.86. The van der Waals surface area contributed by atoms with Crippen LogP contribution in [0.4, 0.5) is 13.2 Å². The van der Waals surface area contributed by atoms with Gasteiger partial charge in [-0.25, -0.2) is 0 Å². The van der Waals surface area contributed by atoms with Gasteiger partial charge in [0.25, 0.3) is 0 Å². The highest BCUT2D eigenvalue weighted by atomic mass is 19.4. The minimum absolute atomic E-state index is 0.123. The van der Waals surface area contributed by atoms with E-state index in [0.29, 0.717) is 0 Å². The van der Waals surface area contributed by atoms with Gasteiger partial charge in [0.05, 0.1) is 0 Å². The van der Waals surface area contributed by atoms with Gasteiger partial charge < -0.3 is 5.32 Å². The zero-order valence-electron chi connectivity index (χ0n) is 5.03. The fraction of sp³-hybridized carbons (Fsp3) is 0.800. The standard InChI is InChI=1S/C5H6F3NO/c6-5(7,8)3-1-2-9-4(3)10/h3H,1-2H2,(H,9,10). The summed E-state index contributed by atoms with van der Waals surface area (Å²) in [5, 5.41) is 2.12. The van der Waals surface area contributed by atoms with Crippen molar-refractivity contribution in [2.24, 2.45) is 5.92 Å². The smallest absolute Gasteiger partial charge is 0.356 e. The third-order valence-corrected chi connectivity index (χ3v) is 1.44. The molecule has 1 atom stereocenters. The highest BCUT2D eigenvalue weighted by Gasteiger charge is 2.46. The largest absolute Gasteiger partial charge is 0.400 e. The molecule has 1 amide bonds. The highest BCUT2D eigenvalue weighted by molar-refractivity contribution is 5.81. The van der Waals surface area contributed by atoms with E-state index in [1.807, 2.05) is 0 Å². The number of alkyl halides is 3. The molecule has 1 unspecified atom stereocenters. The predicted octanol–water partition coefficient (Wildman–Crippen LogP) is 0.685. The molecule has 0 radical (unpaired) electrons. The van der Waals surface area contributed by atoms with Gasteiger partial charge in [0.2, 0.25) is 5.91 Å². The summed E-state index contributed by atoms with van der Waals surface area (Å²) in [5.74, 6) is -2.67. The number of halogens is 3. The quantitative estimate of drug-likeness (QED) is 0.544. The minimum atomic E-state index is -4.36. The molecule has 2 nitrogen and oxygen atoms in total. The van der Waals surface area contributed by atoms with E-state index in [2.05, 4.69) is 5.32 Å². The van der Waals surface area contributed by atoms with Crippen LogP contribution in [-0.2, 0) is 4.79 Å². The normalized spacial score (nSPS) is 26.7. The van der Waals surface area contributed by atoms with Gasteiger partial charge >= 0.3 is 6.18 Å². The minimum Gasteiger partial charge on any atom is -0.356 e. The van der Waals surface area contributed by atoms with E-state index >= 15 is 0 Å². The van der Waals surface area contributed by atoms with E-state index in [1.54, 1.807) is 0 Å². The van der Waals surface area contributed by atoms with Gasteiger partial charge in [0.1, 0.15) is 5.92 Å². The molecule has 10 heavy (non-hydrogen) atoms. The summed E-state index contributed by atoms with van der Waals surface area (Å²) in [6.07, 6.45) is -4.48. The van der Waals surface area contributed by atoms with Crippen LogP contribution in [0.15, 0.2) is 0 Å². The second kappa shape index (κ2) is 2.14. The van der Waals surface area contributed by atoms with Crippen molar-refractivity contribution in [3.05, 3.63) is 0 Å². The molecule has 1 N–H and O–H groups in total. The Hall–Kier alpha value is -0.740. The van der Waals surface area contributed by atoms with E-state index in [1.165, 1.54) is 0 Å². The average Bonchev–Trinajstić information content (AvgIpc) is 2.11. The summed E-state index contributed by atoms with van der Waals surface area (Å²) < 4.78 is 35.3. The molecule has 58 valence electrons. The molecule has 0 spiro atoms. The van der Waals surface area contributed by atoms with Gasteiger partial charge in [0, 0.05) is 6.54 Å². The molecule has 1 heterocycles. The second-order valence-corrected chi connectivity index (χ2v) is 2.17. The van der Waals surface area contributed by atoms with Crippen LogP contribution in [0.3, 0.4) is 0 Å². The van der Waals surface area contributed by atoms with E-state index in [0.717, 1.165) is 0 Å². The Morgan fingerprint density at radius 2 is 2.10 bits per heavy atom. The Morgan fingerprint density at radius 3 is 2.30 bits per heavy atom.